The Kier molecular flexibility index (Phi) is 7.53. The molecule has 0 aliphatic heterocycles. The van der Waals surface area contributed by atoms with Crippen molar-refractivity contribution < 1.29 is 29.3 Å². The number of hydrogen-bond acceptors (Lipinski definition) is 6. The van der Waals surface area contributed by atoms with Crippen molar-refractivity contribution in [3.05, 3.63) is 71.8 Å². The smallest absolute Gasteiger partial charge is 0.338 e. The third-order valence-electron chi connectivity index (χ3n) is 4.48. The van der Waals surface area contributed by atoms with Crippen LogP contribution in [0.5, 0.6) is 0 Å². The first kappa shape index (κ1) is 22.6. The van der Waals surface area contributed by atoms with E-state index in [4.69, 9.17) is 9.47 Å². The Balaban J connectivity index is 2.10. The van der Waals surface area contributed by atoms with Crippen molar-refractivity contribution in [2.24, 2.45) is 0 Å². The summed E-state index contributed by atoms with van der Waals surface area (Å²) in [6, 6.07) is 16.8. The molecule has 0 spiro atoms. The zero-order valence-electron chi connectivity index (χ0n) is 17.0. The van der Waals surface area contributed by atoms with Crippen LogP contribution in [0.15, 0.2) is 60.7 Å². The second-order valence-electron chi connectivity index (χ2n) is 7.91. The average molecular weight is 400 g/mol. The predicted molar refractivity (Wildman–Crippen MR) is 109 cm³/mol. The average Bonchev–Trinajstić information content (AvgIpc) is 2.69. The van der Waals surface area contributed by atoms with E-state index in [2.05, 4.69) is 0 Å². The quantitative estimate of drug-likeness (QED) is 0.627. The number of carbonyl (C=O) groups is 2. The summed E-state index contributed by atoms with van der Waals surface area (Å²) in [6.07, 6.45) is -0.509. The molecule has 0 saturated heterocycles. The lowest BCUT2D eigenvalue weighted by atomic mass is 9.91. The standard InChI is InChI=1S/C23H28O6/c1-22(2,26)15-14-19(29-21(25)18-12-8-5-9-13-18)23(3,27)16-28-20(24)17-10-6-4-7-11-17/h4-13,19,26-27H,14-16H2,1-3H3/t19-,23+/m0/s1. The molecule has 0 radical (unpaired) electrons. The molecule has 156 valence electrons. The maximum atomic E-state index is 12.5. The van der Waals surface area contributed by atoms with E-state index in [0.717, 1.165) is 0 Å². The van der Waals surface area contributed by atoms with E-state index in [-0.39, 0.29) is 19.4 Å². The molecule has 2 aromatic rings. The van der Waals surface area contributed by atoms with Crippen LogP contribution in [0.25, 0.3) is 0 Å². The van der Waals surface area contributed by atoms with Gasteiger partial charge in [0.15, 0.2) is 0 Å². The van der Waals surface area contributed by atoms with Crippen LogP contribution in [0.3, 0.4) is 0 Å². The van der Waals surface area contributed by atoms with Gasteiger partial charge >= 0.3 is 11.9 Å². The van der Waals surface area contributed by atoms with E-state index in [1.54, 1.807) is 74.5 Å². The molecule has 2 N–H and O–H groups in total. The summed E-state index contributed by atoms with van der Waals surface area (Å²) in [5.74, 6) is -1.18. The molecular formula is C23H28O6. The fourth-order valence-electron chi connectivity index (χ4n) is 2.71. The molecule has 0 bridgehead atoms. The normalized spacial score (nSPS) is 14.5. The molecule has 0 fully saturated rings. The molecule has 29 heavy (non-hydrogen) atoms. The van der Waals surface area contributed by atoms with Crippen molar-refractivity contribution >= 4 is 11.9 Å². The third kappa shape index (κ3) is 7.33. The Morgan fingerprint density at radius 1 is 0.862 bits per heavy atom. The van der Waals surface area contributed by atoms with Crippen LogP contribution >= 0.6 is 0 Å². The Hall–Kier alpha value is -2.70. The minimum atomic E-state index is -1.64. The number of rotatable bonds is 9. The molecule has 0 aromatic heterocycles. The highest BCUT2D eigenvalue weighted by Crippen LogP contribution is 2.24. The first-order valence-corrected chi connectivity index (χ1v) is 9.51. The fraction of sp³-hybridized carbons (Fsp3) is 0.391. The van der Waals surface area contributed by atoms with E-state index < -0.39 is 29.2 Å². The Labute approximate surface area is 171 Å². The van der Waals surface area contributed by atoms with Crippen LogP contribution in [0.1, 0.15) is 54.3 Å². The first-order chi connectivity index (χ1) is 13.6. The van der Waals surface area contributed by atoms with E-state index >= 15 is 0 Å². The highest BCUT2D eigenvalue weighted by atomic mass is 16.6. The SMILES string of the molecule is CC(C)(O)CC[C@H](OC(=O)c1ccccc1)[C@](C)(O)COC(=O)c1ccccc1. The zero-order valence-corrected chi connectivity index (χ0v) is 17.0. The van der Waals surface area contributed by atoms with Gasteiger partial charge in [0.25, 0.3) is 0 Å². The first-order valence-electron chi connectivity index (χ1n) is 9.51. The second-order valence-corrected chi connectivity index (χ2v) is 7.91. The number of aliphatic hydroxyl groups is 2. The van der Waals surface area contributed by atoms with Gasteiger partial charge in [-0.1, -0.05) is 36.4 Å². The van der Waals surface area contributed by atoms with Crippen molar-refractivity contribution in [1.82, 2.24) is 0 Å². The summed E-state index contributed by atoms with van der Waals surface area (Å²) in [5, 5.41) is 21.0. The van der Waals surface area contributed by atoms with Crippen molar-refractivity contribution in [3.63, 3.8) is 0 Å². The minimum absolute atomic E-state index is 0.192. The molecule has 2 rings (SSSR count). The highest BCUT2D eigenvalue weighted by molar-refractivity contribution is 5.90. The molecule has 0 amide bonds. The zero-order chi connectivity index (χ0) is 21.5. The molecule has 2 aromatic carbocycles. The van der Waals surface area contributed by atoms with Crippen LogP contribution in [-0.4, -0.2) is 46.1 Å². The predicted octanol–water partition coefficient (Wildman–Crippen LogP) is 3.37. The summed E-state index contributed by atoms with van der Waals surface area (Å²) >= 11 is 0. The largest absolute Gasteiger partial charge is 0.459 e. The Morgan fingerprint density at radius 2 is 1.34 bits per heavy atom. The molecule has 0 heterocycles. The maximum absolute atomic E-state index is 12.5. The van der Waals surface area contributed by atoms with Gasteiger partial charge in [-0.05, 0) is 57.9 Å². The molecular weight excluding hydrogens is 372 g/mol. The minimum Gasteiger partial charge on any atom is -0.459 e. The van der Waals surface area contributed by atoms with Gasteiger partial charge in [-0.15, -0.1) is 0 Å². The lowest BCUT2D eigenvalue weighted by Gasteiger charge is -2.33. The van der Waals surface area contributed by atoms with Gasteiger partial charge in [0.05, 0.1) is 16.7 Å². The topological polar surface area (TPSA) is 93.1 Å². The number of ether oxygens (including phenoxy) is 2. The van der Waals surface area contributed by atoms with Gasteiger partial charge in [0.1, 0.15) is 18.3 Å². The van der Waals surface area contributed by atoms with E-state index in [1.165, 1.54) is 6.92 Å². The maximum Gasteiger partial charge on any atom is 0.338 e. The van der Waals surface area contributed by atoms with Gasteiger partial charge < -0.3 is 19.7 Å². The van der Waals surface area contributed by atoms with Crippen LogP contribution in [-0.2, 0) is 9.47 Å². The monoisotopic (exact) mass is 400 g/mol. The third-order valence-corrected chi connectivity index (χ3v) is 4.48. The summed E-state index contributed by atoms with van der Waals surface area (Å²) < 4.78 is 10.8. The Bertz CT molecular complexity index is 793. The van der Waals surface area contributed by atoms with Gasteiger partial charge in [0, 0.05) is 0 Å². The van der Waals surface area contributed by atoms with Crippen LogP contribution in [0, 0.1) is 0 Å². The van der Waals surface area contributed by atoms with Crippen LogP contribution in [0.4, 0.5) is 0 Å². The van der Waals surface area contributed by atoms with E-state index in [0.29, 0.717) is 11.1 Å². The van der Waals surface area contributed by atoms with Crippen molar-refractivity contribution in [1.29, 1.82) is 0 Å². The summed E-state index contributed by atoms with van der Waals surface area (Å²) in [4.78, 5) is 24.7. The van der Waals surface area contributed by atoms with Gasteiger partial charge in [-0.2, -0.15) is 0 Å². The fourth-order valence-corrected chi connectivity index (χ4v) is 2.71. The number of hydrogen-bond donors (Lipinski definition) is 2. The van der Waals surface area contributed by atoms with Gasteiger partial charge in [-0.25, -0.2) is 9.59 Å². The Morgan fingerprint density at radius 3 is 1.83 bits per heavy atom. The molecule has 6 nitrogen and oxygen atoms in total. The second kappa shape index (κ2) is 9.67. The lowest BCUT2D eigenvalue weighted by molar-refractivity contribution is -0.110. The molecule has 6 heteroatoms. The van der Waals surface area contributed by atoms with Crippen molar-refractivity contribution in [2.75, 3.05) is 6.61 Å². The number of carbonyl (C=O) groups excluding carboxylic acids is 2. The van der Waals surface area contributed by atoms with Crippen molar-refractivity contribution in [3.8, 4) is 0 Å². The van der Waals surface area contributed by atoms with E-state index in [9.17, 15) is 19.8 Å². The highest BCUT2D eigenvalue weighted by Gasteiger charge is 2.37. The number of benzene rings is 2. The molecule has 0 saturated carbocycles. The molecule has 0 aliphatic carbocycles. The molecule has 0 aliphatic rings. The number of esters is 2. The van der Waals surface area contributed by atoms with Crippen molar-refractivity contribution in [2.45, 2.75) is 50.9 Å². The van der Waals surface area contributed by atoms with Gasteiger partial charge in [-0.3, -0.25) is 0 Å². The lowest BCUT2D eigenvalue weighted by Crippen LogP contribution is -2.47. The van der Waals surface area contributed by atoms with Crippen LogP contribution < -0.4 is 0 Å². The van der Waals surface area contributed by atoms with Crippen LogP contribution in [0.2, 0.25) is 0 Å². The summed E-state index contributed by atoms with van der Waals surface area (Å²) in [7, 11) is 0. The van der Waals surface area contributed by atoms with Gasteiger partial charge in [0.2, 0.25) is 0 Å². The van der Waals surface area contributed by atoms with E-state index in [1.807, 2.05) is 0 Å². The molecule has 0 unspecified atom stereocenters. The molecule has 2 atom stereocenters. The summed E-state index contributed by atoms with van der Waals surface area (Å²) in [6.45, 7) is 4.35. The summed E-state index contributed by atoms with van der Waals surface area (Å²) in [5.41, 5.74) is -1.94.